The first-order valence-electron chi connectivity index (χ1n) is 6.77. The van der Waals surface area contributed by atoms with Crippen molar-refractivity contribution in [3.63, 3.8) is 0 Å². The topological polar surface area (TPSA) is 23.8 Å². The molecule has 2 aromatic rings. The third-order valence-corrected chi connectivity index (χ3v) is 3.21. The maximum atomic E-state index is 9.44. The van der Waals surface area contributed by atoms with Gasteiger partial charge in [-0.1, -0.05) is 58.7 Å². The summed E-state index contributed by atoms with van der Waals surface area (Å²) in [6, 6.07) is 14.9. The number of allylic oxidation sites excluding steroid dienone is 1. The van der Waals surface area contributed by atoms with E-state index in [0.717, 1.165) is 11.1 Å². The number of aryl methyl sites for hydroxylation is 4. The van der Waals surface area contributed by atoms with Crippen LogP contribution >= 0.6 is 0 Å². The molecule has 0 N–H and O–H groups in total. The highest BCUT2D eigenvalue weighted by atomic mass is 14.2. The first-order valence-corrected chi connectivity index (χ1v) is 6.77. The highest BCUT2D eigenvalue weighted by molar-refractivity contribution is 5.90. The standard InChI is InChI=1S/C19H19N/c1-13-5-14(2)8-17(7-13)11-19(12-20)18-9-15(3)6-16(4)10-18/h5-11H,1-4H3. The molecule has 2 rings (SSSR count). The summed E-state index contributed by atoms with van der Waals surface area (Å²) in [5.74, 6) is 0. The Kier molecular flexibility index (Phi) is 4.05. The lowest BCUT2D eigenvalue weighted by molar-refractivity contribution is 1.36. The maximum Gasteiger partial charge on any atom is 0.0998 e. The summed E-state index contributed by atoms with van der Waals surface area (Å²) in [4.78, 5) is 0. The molecule has 0 aliphatic heterocycles. The minimum atomic E-state index is 0.710. The molecule has 0 saturated carbocycles. The minimum Gasteiger partial charge on any atom is -0.192 e. The van der Waals surface area contributed by atoms with Crippen molar-refractivity contribution < 1.29 is 0 Å². The van der Waals surface area contributed by atoms with Crippen LogP contribution in [-0.4, -0.2) is 0 Å². The molecule has 1 heteroatoms. The van der Waals surface area contributed by atoms with E-state index >= 15 is 0 Å². The minimum absolute atomic E-state index is 0.710. The molecule has 1 nitrogen and oxygen atoms in total. The number of nitrogens with zero attached hydrogens (tertiary/aromatic N) is 1. The largest absolute Gasteiger partial charge is 0.192 e. The zero-order valence-electron chi connectivity index (χ0n) is 12.5. The van der Waals surface area contributed by atoms with E-state index in [1.807, 2.05) is 6.08 Å². The summed E-state index contributed by atoms with van der Waals surface area (Å²) in [6.07, 6.45) is 1.97. The third kappa shape index (κ3) is 3.36. The lowest BCUT2D eigenvalue weighted by Crippen LogP contribution is -1.87. The predicted molar refractivity (Wildman–Crippen MR) is 85.3 cm³/mol. The van der Waals surface area contributed by atoms with Gasteiger partial charge < -0.3 is 0 Å². The quantitative estimate of drug-likeness (QED) is 0.552. The Morgan fingerprint density at radius 1 is 0.800 bits per heavy atom. The van der Waals surface area contributed by atoms with Gasteiger partial charge in [0, 0.05) is 0 Å². The smallest absolute Gasteiger partial charge is 0.0998 e. The molecule has 0 aliphatic rings. The zero-order valence-corrected chi connectivity index (χ0v) is 12.5. The van der Waals surface area contributed by atoms with Gasteiger partial charge in [-0.15, -0.1) is 0 Å². The van der Waals surface area contributed by atoms with Crippen molar-refractivity contribution in [1.82, 2.24) is 0 Å². The molecule has 0 amide bonds. The highest BCUT2D eigenvalue weighted by Gasteiger charge is 2.03. The lowest BCUT2D eigenvalue weighted by atomic mass is 9.98. The van der Waals surface area contributed by atoms with Gasteiger partial charge in [-0.05, 0) is 44.9 Å². The van der Waals surface area contributed by atoms with E-state index in [-0.39, 0.29) is 0 Å². The molecule has 0 bridgehead atoms. The predicted octanol–water partition coefficient (Wildman–Crippen LogP) is 4.98. The molecule has 0 radical (unpaired) electrons. The molecule has 0 saturated heterocycles. The summed E-state index contributed by atoms with van der Waals surface area (Å²) in [6.45, 7) is 8.27. The molecule has 0 aliphatic carbocycles. The van der Waals surface area contributed by atoms with Crippen LogP contribution in [0.5, 0.6) is 0 Å². The summed E-state index contributed by atoms with van der Waals surface area (Å²) in [5, 5.41) is 9.44. The molecule has 20 heavy (non-hydrogen) atoms. The maximum absolute atomic E-state index is 9.44. The van der Waals surface area contributed by atoms with Crippen LogP contribution in [0.15, 0.2) is 36.4 Å². The molecule has 0 atom stereocenters. The van der Waals surface area contributed by atoms with Gasteiger partial charge in [0.05, 0.1) is 11.6 Å². The Labute approximate surface area is 121 Å². The van der Waals surface area contributed by atoms with Crippen molar-refractivity contribution in [2.75, 3.05) is 0 Å². The molecule has 0 aromatic heterocycles. The van der Waals surface area contributed by atoms with Gasteiger partial charge in [0.2, 0.25) is 0 Å². The Morgan fingerprint density at radius 3 is 1.70 bits per heavy atom. The van der Waals surface area contributed by atoms with Gasteiger partial charge in [0.25, 0.3) is 0 Å². The van der Waals surface area contributed by atoms with E-state index < -0.39 is 0 Å². The van der Waals surface area contributed by atoms with E-state index in [1.54, 1.807) is 0 Å². The molecule has 0 unspecified atom stereocenters. The Balaban J connectivity index is 2.51. The number of rotatable bonds is 2. The second-order valence-electron chi connectivity index (χ2n) is 5.47. The van der Waals surface area contributed by atoms with Crippen molar-refractivity contribution in [3.05, 3.63) is 69.8 Å². The van der Waals surface area contributed by atoms with Crippen molar-refractivity contribution in [2.24, 2.45) is 0 Å². The monoisotopic (exact) mass is 261 g/mol. The molecule has 0 heterocycles. The second kappa shape index (κ2) is 5.75. The third-order valence-electron chi connectivity index (χ3n) is 3.21. The fourth-order valence-corrected chi connectivity index (χ4v) is 2.57. The van der Waals surface area contributed by atoms with Gasteiger partial charge in [0.1, 0.15) is 0 Å². The molecular formula is C19H19N. The lowest BCUT2D eigenvalue weighted by Gasteiger charge is -2.05. The van der Waals surface area contributed by atoms with Gasteiger partial charge in [-0.25, -0.2) is 0 Å². The van der Waals surface area contributed by atoms with Crippen LogP contribution in [0, 0.1) is 39.0 Å². The van der Waals surface area contributed by atoms with Crippen molar-refractivity contribution in [1.29, 1.82) is 5.26 Å². The molecule has 0 spiro atoms. The normalized spacial score (nSPS) is 11.2. The van der Waals surface area contributed by atoms with E-state index in [1.165, 1.54) is 22.3 Å². The van der Waals surface area contributed by atoms with E-state index in [0.29, 0.717) is 5.57 Å². The van der Waals surface area contributed by atoms with Gasteiger partial charge in [0.15, 0.2) is 0 Å². The van der Waals surface area contributed by atoms with Crippen LogP contribution in [0.3, 0.4) is 0 Å². The Hall–Kier alpha value is -2.33. The molecule has 2 aromatic carbocycles. The van der Waals surface area contributed by atoms with Gasteiger partial charge in [-0.2, -0.15) is 5.26 Å². The zero-order chi connectivity index (χ0) is 14.7. The van der Waals surface area contributed by atoms with Crippen molar-refractivity contribution in [2.45, 2.75) is 27.7 Å². The van der Waals surface area contributed by atoms with Crippen LogP contribution in [0.2, 0.25) is 0 Å². The summed E-state index contributed by atoms with van der Waals surface area (Å²) < 4.78 is 0. The van der Waals surface area contributed by atoms with Crippen molar-refractivity contribution >= 4 is 11.6 Å². The van der Waals surface area contributed by atoms with Crippen LogP contribution in [-0.2, 0) is 0 Å². The van der Waals surface area contributed by atoms with Crippen molar-refractivity contribution in [3.8, 4) is 6.07 Å². The highest BCUT2D eigenvalue weighted by Crippen LogP contribution is 2.21. The van der Waals surface area contributed by atoms with Gasteiger partial charge >= 0.3 is 0 Å². The van der Waals surface area contributed by atoms with Crippen LogP contribution in [0.4, 0.5) is 0 Å². The Bertz CT molecular complexity index is 675. The Morgan fingerprint density at radius 2 is 1.25 bits per heavy atom. The number of hydrogen-bond acceptors (Lipinski definition) is 1. The van der Waals surface area contributed by atoms with E-state index in [2.05, 4.69) is 70.2 Å². The van der Waals surface area contributed by atoms with E-state index in [4.69, 9.17) is 0 Å². The number of nitriles is 1. The average Bonchev–Trinajstić information content (AvgIpc) is 2.33. The molecule has 100 valence electrons. The summed E-state index contributed by atoms with van der Waals surface area (Å²) in [7, 11) is 0. The van der Waals surface area contributed by atoms with E-state index in [9.17, 15) is 5.26 Å². The van der Waals surface area contributed by atoms with Crippen LogP contribution < -0.4 is 0 Å². The summed E-state index contributed by atoms with van der Waals surface area (Å²) in [5.41, 5.74) is 7.58. The first kappa shape index (κ1) is 14.1. The SMILES string of the molecule is Cc1cc(C)cc(C=C(C#N)c2cc(C)cc(C)c2)c1. The molecule has 0 fully saturated rings. The summed E-state index contributed by atoms with van der Waals surface area (Å²) >= 11 is 0. The first-order chi connectivity index (χ1) is 9.47. The van der Waals surface area contributed by atoms with Crippen LogP contribution in [0.1, 0.15) is 33.4 Å². The number of hydrogen-bond donors (Lipinski definition) is 0. The second-order valence-corrected chi connectivity index (χ2v) is 5.47. The average molecular weight is 261 g/mol. The fourth-order valence-electron chi connectivity index (χ4n) is 2.57. The fraction of sp³-hybridized carbons (Fsp3) is 0.211. The molecular weight excluding hydrogens is 242 g/mol. The van der Waals surface area contributed by atoms with Crippen LogP contribution in [0.25, 0.3) is 11.6 Å². The number of benzene rings is 2. The van der Waals surface area contributed by atoms with Gasteiger partial charge in [-0.3, -0.25) is 0 Å².